The molecule has 7 nitrogen and oxygen atoms in total. The maximum absolute atomic E-state index is 15.0. The summed E-state index contributed by atoms with van der Waals surface area (Å²) < 4.78 is 63.8. The predicted octanol–water partition coefficient (Wildman–Crippen LogP) is 5.48. The number of hydrogen-bond acceptors (Lipinski definition) is 7. The lowest BCUT2D eigenvalue weighted by Gasteiger charge is -2.25. The minimum atomic E-state index is -1.84. The largest absolute Gasteiger partial charge is 0.359 e. The van der Waals surface area contributed by atoms with E-state index in [1.165, 1.54) is 12.3 Å². The van der Waals surface area contributed by atoms with E-state index in [1.807, 2.05) is 0 Å². The molecule has 0 amide bonds. The summed E-state index contributed by atoms with van der Waals surface area (Å²) in [5.74, 6) is -5.45. The maximum atomic E-state index is 15.0. The van der Waals surface area contributed by atoms with Crippen molar-refractivity contribution in [2.45, 2.75) is 38.8 Å². The second-order valence-electron chi connectivity index (χ2n) is 7.31. The molecule has 0 aliphatic carbocycles. The number of rotatable bonds is 9. The fourth-order valence-electron chi connectivity index (χ4n) is 3.24. The van der Waals surface area contributed by atoms with Crippen LogP contribution in [0, 0.1) is 22.9 Å². The zero-order valence-corrected chi connectivity index (χ0v) is 22.4. The molecule has 192 valence electrons. The first-order chi connectivity index (χ1) is 16.7. The molecule has 0 bridgehead atoms. The average Bonchev–Trinajstić information content (AvgIpc) is 2.84. The van der Waals surface area contributed by atoms with Gasteiger partial charge in [0.25, 0.3) is 0 Å². The third kappa shape index (κ3) is 7.51. The van der Waals surface area contributed by atoms with E-state index in [4.69, 9.17) is 10.1 Å². The van der Waals surface area contributed by atoms with Crippen molar-refractivity contribution in [2.75, 3.05) is 28.7 Å². The number of nitrogens with zero attached hydrogens (tertiary/aromatic N) is 1. The van der Waals surface area contributed by atoms with Crippen LogP contribution in [0.25, 0.3) is 0 Å². The number of aromatic nitrogens is 1. The second kappa shape index (κ2) is 14.0. The first kappa shape index (κ1) is 29.3. The van der Waals surface area contributed by atoms with E-state index in [-0.39, 0.29) is 17.1 Å². The molecular weight excluding hydrogens is 569 g/mol. The molecule has 1 aliphatic rings. The smallest absolute Gasteiger partial charge is 0.217 e. The molecule has 2 aromatic rings. The van der Waals surface area contributed by atoms with Crippen molar-refractivity contribution in [3.63, 3.8) is 0 Å². The van der Waals surface area contributed by atoms with Gasteiger partial charge in [0, 0.05) is 34.7 Å². The number of ether oxygens (including phenoxy) is 1. The lowest BCUT2D eigenvalue weighted by molar-refractivity contribution is 0.0341. The number of nitrogens with one attached hydrogen (secondary N) is 3. The summed E-state index contributed by atoms with van der Waals surface area (Å²) in [6, 6.07) is 1.73. The summed E-state index contributed by atoms with van der Waals surface area (Å²) >= 11 is 6.74. The molecule has 0 spiro atoms. The van der Waals surface area contributed by atoms with Crippen molar-refractivity contribution in [1.82, 2.24) is 4.98 Å². The molecule has 13 heteroatoms. The van der Waals surface area contributed by atoms with E-state index in [1.54, 1.807) is 13.2 Å². The van der Waals surface area contributed by atoms with Crippen LogP contribution in [0.3, 0.4) is 0 Å². The van der Waals surface area contributed by atoms with Gasteiger partial charge in [-0.15, -0.1) is 0 Å². The molecule has 3 rings (SSSR count). The molecule has 0 saturated carbocycles. The Kier molecular flexibility index (Phi) is 11.7. The van der Waals surface area contributed by atoms with Crippen molar-refractivity contribution in [1.29, 1.82) is 5.41 Å². The number of carbonyl (C=O) groups is 1. The van der Waals surface area contributed by atoms with Crippen molar-refractivity contribution in [3.05, 3.63) is 51.4 Å². The van der Waals surface area contributed by atoms with E-state index in [0.717, 1.165) is 12.8 Å². The molecule has 1 aliphatic heterocycles. The van der Waals surface area contributed by atoms with Crippen LogP contribution in [0.15, 0.2) is 22.8 Å². The number of halogens is 4. The van der Waals surface area contributed by atoms with Crippen molar-refractivity contribution in [2.24, 2.45) is 0 Å². The molecule has 1 fully saturated rings. The van der Waals surface area contributed by atoms with E-state index < -0.39 is 57.4 Å². The third-order valence-electron chi connectivity index (χ3n) is 4.83. The summed E-state index contributed by atoms with van der Waals surface area (Å²) in [6.07, 6.45) is 5.73. The summed E-state index contributed by atoms with van der Waals surface area (Å²) in [5.41, 5.74) is -2.79. The number of carbonyl (C=O) groups excluding carboxylic acids is 1. The Balaban J connectivity index is 0.00000210. The Morgan fingerprint density at radius 3 is 2.63 bits per heavy atom. The number of anilines is 2. The molecule has 1 aromatic heterocycles. The Bertz CT molecular complexity index is 1100. The SMILES string of the molecule is CCCS(=O)Nc1c(F)cc(F)c(C(=O)C(=N)c2cc(Br)cnc2NC2CCCCO2)c1F.CS. The average molecular weight is 596 g/mol. The van der Waals surface area contributed by atoms with Crippen LogP contribution >= 0.6 is 28.6 Å². The fourth-order valence-corrected chi connectivity index (χ4v) is 4.46. The minimum absolute atomic E-state index is 0.0178. The molecule has 1 aromatic carbocycles. The Morgan fingerprint density at radius 1 is 1.29 bits per heavy atom. The van der Waals surface area contributed by atoms with Gasteiger partial charge >= 0.3 is 0 Å². The lowest BCUT2D eigenvalue weighted by Crippen LogP contribution is -2.29. The highest BCUT2D eigenvalue weighted by Crippen LogP contribution is 2.29. The van der Waals surface area contributed by atoms with Crippen LogP contribution in [0.2, 0.25) is 0 Å². The molecule has 0 radical (unpaired) electrons. The second-order valence-corrected chi connectivity index (χ2v) is 9.53. The van der Waals surface area contributed by atoms with Gasteiger partial charge in [-0.1, -0.05) is 6.92 Å². The van der Waals surface area contributed by atoms with Gasteiger partial charge in [0.15, 0.2) is 11.6 Å². The molecular formula is C22H26BrF3N4O3S2. The number of hydrogen-bond donors (Lipinski definition) is 4. The normalized spacial score (nSPS) is 16.0. The van der Waals surface area contributed by atoms with Crippen molar-refractivity contribution in [3.8, 4) is 0 Å². The summed E-state index contributed by atoms with van der Waals surface area (Å²) in [5, 5.41) is 11.4. The van der Waals surface area contributed by atoms with Crippen molar-refractivity contribution < 1.29 is 26.9 Å². The predicted molar refractivity (Wildman–Crippen MR) is 138 cm³/mol. The van der Waals surface area contributed by atoms with Crippen LogP contribution < -0.4 is 10.0 Å². The third-order valence-corrected chi connectivity index (χ3v) is 6.48. The topological polar surface area (TPSA) is 104 Å². The molecule has 1 saturated heterocycles. The first-order valence-electron chi connectivity index (χ1n) is 10.7. The number of Topliss-reactive ketones (excluding diaryl/α,β-unsaturated/α-hetero) is 1. The van der Waals surface area contributed by atoms with Crippen LogP contribution in [-0.4, -0.2) is 45.5 Å². The Hall–Kier alpha value is -1.96. The monoisotopic (exact) mass is 594 g/mol. The quantitative estimate of drug-likeness (QED) is 0.175. The van der Waals surface area contributed by atoms with Gasteiger partial charge in [-0.05, 0) is 53.9 Å². The highest BCUT2D eigenvalue weighted by atomic mass is 79.9. The molecule has 2 unspecified atom stereocenters. The number of pyridine rings is 1. The van der Waals surface area contributed by atoms with Gasteiger partial charge in [-0.2, -0.15) is 12.6 Å². The van der Waals surface area contributed by atoms with Crippen LogP contribution in [-0.2, 0) is 15.7 Å². The number of ketones is 1. The van der Waals surface area contributed by atoms with Crippen LogP contribution in [0.5, 0.6) is 0 Å². The van der Waals surface area contributed by atoms with E-state index in [2.05, 4.69) is 43.6 Å². The standard InChI is InChI=1S/C21H22BrF3N4O3S.CH4S/c1-2-7-33(31)29-19-14(24)9-13(23)16(17(19)25)20(30)18(26)12-8-11(22)10-27-21(12)28-15-5-3-4-6-32-15;1-2/h8-10,15,26,29H,2-7H2,1H3,(H,27,28);2H,1H3. The summed E-state index contributed by atoms with van der Waals surface area (Å²) in [4.78, 5) is 17.2. The fraction of sp³-hybridized carbons (Fsp3) is 0.409. The number of thiol groups is 1. The van der Waals surface area contributed by atoms with Gasteiger partial charge < -0.3 is 10.1 Å². The van der Waals surface area contributed by atoms with E-state index in [0.29, 0.717) is 30.0 Å². The zero-order valence-electron chi connectivity index (χ0n) is 19.1. The van der Waals surface area contributed by atoms with Gasteiger partial charge in [-0.3, -0.25) is 14.9 Å². The maximum Gasteiger partial charge on any atom is 0.217 e. The van der Waals surface area contributed by atoms with Gasteiger partial charge in [0.1, 0.15) is 40.2 Å². The van der Waals surface area contributed by atoms with Crippen molar-refractivity contribution >= 4 is 62.5 Å². The van der Waals surface area contributed by atoms with Crippen LogP contribution in [0.1, 0.15) is 48.5 Å². The van der Waals surface area contributed by atoms with Gasteiger partial charge in [0.2, 0.25) is 5.78 Å². The first-order valence-corrected chi connectivity index (χ1v) is 13.7. The van der Waals surface area contributed by atoms with E-state index >= 15 is 4.39 Å². The van der Waals surface area contributed by atoms with Gasteiger partial charge in [-0.25, -0.2) is 22.4 Å². The Labute approximate surface area is 218 Å². The number of benzene rings is 1. The highest BCUT2D eigenvalue weighted by molar-refractivity contribution is 9.10. The zero-order chi connectivity index (χ0) is 26.1. The van der Waals surface area contributed by atoms with Crippen LogP contribution in [0.4, 0.5) is 24.7 Å². The summed E-state index contributed by atoms with van der Waals surface area (Å²) in [7, 11) is -1.84. The van der Waals surface area contributed by atoms with Gasteiger partial charge in [0.05, 0.1) is 5.56 Å². The Morgan fingerprint density at radius 2 is 2.00 bits per heavy atom. The minimum Gasteiger partial charge on any atom is -0.359 e. The molecule has 35 heavy (non-hydrogen) atoms. The summed E-state index contributed by atoms with van der Waals surface area (Å²) in [6.45, 7) is 2.27. The lowest BCUT2D eigenvalue weighted by atomic mass is 9.99. The molecule has 2 heterocycles. The van der Waals surface area contributed by atoms with E-state index in [9.17, 15) is 17.8 Å². The molecule has 2 atom stereocenters. The highest BCUT2D eigenvalue weighted by Gasteiger charge is 2.29. The molecule has 3 N–H and O–H groups in total.